The molecule has 3 aromatic carbocycles. The fourth-order valence-electron chi connectivity index (χ4n) is 4.25. The Morgan fingerprint density at radius 2 is 1.58 bits per heavy atom. The molecule has 0 bridgehead atoms. The maximum Gasteiger partial charge on any atom is 0.343 e. The molecule has 3 aromatic rings. The zero-order valence-corrected chi connectivity index (χ0v) is 21.6. The van der Waals surface area contributed by atoms with Gasteiger partial charge in [0.05, 0.1) is 11.8 Å². The summed E-state index contributed by atoms with van der Waals surface area (Å²) >= 11 is 0. The highest BCUT2D eigenvalue weighted by Crippen LogP contribution is 2.27. The van der Waals surface area contributed by atoms with Gasteiger partial charge in [-0.1, -0.05) is 106 Å². The van der Waals surface area contributed by atoms with Crippen LogP contribution >= 0.6 is 0 Å². The molecule has 0 fully saturated rings. The van der Waals surface area contributed by atoms with Gasteiger partial charge in [0.1, 0.15) is 5.75 Å². The largest absolute Gasteiger partial charge is 0.422 e. The van der Waals surface area contributed by atoms with Crippen molar-refractivity contribution in [1.29, 1.82) is 0 Å². The Bertz CT molecular complexity index is 1170. The molecular formula is C31H38N2O3. The van der Waals surface area contributed by atoms with Crippen molar-refractivity contribution in [3.8, 4) is 5.75 Å². The van der Waals surface area contributed by atoms with Crippen LogP contribution in [0.15, 0.2) is 65.8 Å². The highest BCUT2D eigenvalue weighted by atomic mass is 16.5. The third kappa shape index (κ3) is 8.63. The number of carbonyl (C=O) groups is 2. The molecule has 5 nitrogen and oxygen atoms in total. The van der Waals surface area contributed by atoms with Crippen molar-refractivity contribution in [3.63, 3.8) is 0 Å². The van der Waals surface area contributed by atoms with Crippen molar-refractivity contribution >= 4 is 28.9 Å². The number of hydrogen-bond donors (Lipinski definition) is 1. The van der Waals surface area contributed by atoms with Crippen LogP contribution in [0.3, 0.4) is 0 Å². The molecule has 1 amide bonds. The third-order valence-corrected chi connectivity index (χ3v) is 6.28. The second kappa shape index (κ2) is 14.8. The minimum atomic E-state index is -0.432. The van der Waals surface area contributed by atoms with Crippen LogP contribution in [0.1, 0.15) is 92.6 Å². The Hall–Kier alpha value is -3.47. The molecule has 190 valence electrons. The number of rotatable bonds is 14. The van der Waals surface area contributed by atoms with Crippen LogP contribution in [0.2, 0.25) is 0 Å². The van der Waals surface area contributed by atoms with Crippen molar-refractivity contribution in [1.82, 2.24) is 5.43 Å². The molecule has 0 aliphatic carbocycles. The molecule has 0 aliphatic rings. The summed E-state index contributed by atoms with van der Waals surface area (Å²) in [5.74, 6) is -0.136. The molecule has 36 heavy (non-hydrogen) atoms. The number of unbranched alkanes of at least 4 members (excludes halogenated alkanes) is 8. The summed E-state index contributed by atoms with van der Waals surface area (Å²) in [4.78, 5) is 25.0. The van der Waals surface area contributed by atoms with Gasteiger partial charge in [-0.25, -0.2) is 10.2 Å². The predicted molar refractivity (Wildman–Crippen MR) is 148 cm³/mol. The standard InChI is InChI=1S/C31H38N2O3/c1-3-4-5-6-7-8-9-10-11-19-30(34)33-32-23-28-27-18-13-12-16-25(27)20-21-29(28)36-31(35)26-17-14-15-24(2)22-26/h12-18,20-23H,3-11,19H2,1-2H3,(H,33,34)/b32-23+. The number of amides is 1. The fourth-order valence-corrected chi connectivity index (χ4v) is 4.25. The van der Waals surface area contributed by atoms with Gasteiger partial charge in [-0.3, -0.25) is 4.79 Å². The number of aryl methyl sites for hydroxylation is 1. The van der Waals surface area contributed by atoms with Gasteiger partial charge in [0.25, 0.3) is 0 Å². The van der Waals surface area contributed by atoms with Crippen molar-refractivity contribution in [3.05, 3.63) is 77.4 Å². The zero-order valence-electron chi connectivity index (χ0n) is 21.6. The summed E-state index contributed by atoms with van der Waals surface area (Å²) in [6.07, 6.45) is 12.9. The lowest BCUT2D eigenvalue weighted by atomic mass is 10.0. The van der Waals surface area contributed by atoms with E-state index < -0.39 is 5.97 Å². The van der Waals surface area contributed by atoms with Crippen LogP contribution in [0.5, 0.6) is 5.75 Å². The predicted octanol–water partition coefficient (Wildman–Crippen LogP) is 7.74. The Balaban J connectivity index is 1.56. The number of nitrogens with one attached hydrogen (secondary N) is 1. The summed E-state index contributed by atoms with van der Waals surface area (Å²) < 4.78 is 5.74. The van der Waals surface area contributed by atoms with Gasteiger partial charge < -0.3 is 4.74 Å². The number of hydrogen-bond acceptors (Lipinski definition) is 4. The van der Waals surface area contributed by atoms with Crippen LogP contribution in [0.25, 0.3) is 10.8 Å². The van der Waals surface area contributed by atoms with Gasteiger partial charge in [-0.15, -0.1) is 0 Å². The lowest BCUT2D eigenvalue weighted by molar-refractivity contribution is -0.121. The second-order valence-electron chi connectivity index (χ2n) is 9.33. The highest BCUT2D eigenvalue weighted by Gasteiger charge is 2.14. The summed E-state index contributed by atoms with van der Waals surface area (Å²) in [5, 5.41) is 6.08. The molecule has 0 aliphatic heterocycles. The van der Waals surface area contributed by atoms with E-state index >= 15 is 0 Å². The SMILES string of the molecule is CCCCCCCCCCCC(=O)N/N=C/c1c(OC(=O)c2cccc(C)c2)ccc2ccccc12. The summed E-state index contributed by atoms with van der Waals surface area (Å²) in [5.41, 5.74) is 4.75. The van der Waals surface area contributed by atoms with Gasteiger partial charge in [0.2, 0.25) is 5.91 Å². The van der Waals surface area contributed by atoms with E-state index in [0.29, 0.717) is 23.3 Å². The number of nitrogens with zero attached hydrogens (tertiary/aromatic N) is 1. The molecule has 3 rings (SSSR count). The first-order valence-electron chi connectivity index (χ1n) is 13.2. The first-order valence-corrected chi connectivity index (χ1v) is 13.2. The van der Waals surface area contributed by atoms with Gasteiger partial charge in [-0.2, -0.15) is 5.10 Å². The van der Waals surface area contributed by atoms with Gasteiger partial charge in [0, 0.05) is 12.0 Å². The smallest absolute Gasteiger partial charge is 0.343 e. The number of ether oxygens (including phenoxy) is 1. The van der Waals surface area contributed by atoms with Crippen molar-refractivity contribution in [2.45, 2.75) is 78.1 Å². The summed E-state index contributed by atoms with van der Waals surface area (Å²) in [6, 6.07) is 18.8. The van der Waals surface area contributed by atoms with Crippen molar-refractivity contribution in [2.24, 2.45) is 5.10 Å². The normalized spacial score (nSPS) is 11.2. The van der Waals surface area contributed by atoms with Gasteiger partial charge in [0.15, 0.2) is 0 Å². The number of carbonyl (C=O) groups excluding carboxylic acids is 2. The number of fused-ring (bicyclic) bond motifs is 1. The van der Waals surface area contributed by atoms with Crippen LogP contribution in [-0.4, -0.2) is 18.1 Å². The topological polar surface area (TPSA) is 67.8 Å². The lowest BCUT2D eigenvalue weighted by Crippen LogP contribution is -2.17. The molecule has 0 radical (unpaired) electrons. The average molecular weight is 487 g/mol. The first kappa shape index (κ1) is 27.1. The maximum atomic E-state index is 12.8. The number of esters is 1. The quantitative estimate of drug-likeness (QED) is 0.0833. The zero-order chi connectivity index (χ0) is 25.6. The minimum Gasteiger partial charge on any atom is -0.422 e. The van der Waals surface area contributed by atoms with E-state index in [1.807, 2.05) is 49.4 Å². The van der Waals surface area contributed by atoms with Crippen LogP contribution in [0.4, 0.5) is 0 Å². The van der Waals surface area contributed by atoms with Crippen molar-refractivity contribution in [2.75, 3.05) is 0 Å². The fraction of sp³-hybridized carbons (Fsp3) is 0.387. The van der Waals surface area contributed by atoms with Gasteiger partial charge in [-0.05, 0) is 42.3 Å². The van der Waals surface area contributed by atoms with E-state index in [-0.39, 0.29) is 5.91 Å². The van der Waals surface area contributed by atoms with Gasteiger partial charge >= 0.3 is 5.97 Å². The number of benzene rings is 3. The van der Waals surface area contributed by atoms with E-state index in [4.69, 9.17) is 4.74 Å². The van der Waals surface area contributed by atoms with E-state index in [2.05, 4.69) is 17.5 Å². The first-order chi connectivity index (χ1) is 17.6. The maximum absolute atomic E-state index is 12.8. The van der Waals surface area contributed by atoms with Crippen LogP contribution < -0.4 is 10.2 Å². The summed E-state index contributed by atoms with van der Waals surface area (Å²) in [6.45, 7) is 4.17. The Labute approximate surface area is 214 Å². The number of hydrazone groups is 1. The van der Waals surface area contributed by atoms with E-state index in [1.54, 1.807) is 24.4 Å². The Morgan fingerprint density at radius 3 is 2.33 bits per heavy atom. The molecule has 0 unspecified atom stereocenters. The van der Waals surface area contributed by atoms with Crippen LogP contribution in [-0.2, 0) is 4.79 Å². The minimum absolute atomic E-state index is 0.104. The molecule has 0 saturated heterocycles. The second-order valence-corrected chi connectivity index (χ2v) is 9.33. The lowest BCUT2D eigenvalue weighted by Gasteiger charge is -2.11. The third-order valence-electron chi connectivity index (χ3n) is 6.28. The Kier molecular flexibility index (Phi) is 11.2. The van der Waals surface area contributed by atoms with Crippen molar-refractivity contribution < 1.29 is 14.3 Å². The summed E-state index contributed by atoms with van der Waals surface area (Å²) in [7, 11) is 0. The molecule has 5 heteroatoms. The monoisotopic (exact) mass is 486 g/mol. The molecule has 0 spiro atoms. The molecule has 0 heterocycles. The Morgan fingerprint density at radius 1 is 0.861 bits per heavy atom. The molecule has 1 N–H and O–H groups in total. The molecule has 0 atom stereocenters. The van der Waals surface area contributed by atoms with E-state index in [1.165, 1.54) is 44.9 Å². The van der Waals surface area contributed by atoms with E-state index in [9.17, 15) is 9.59 Å². The molecule has 0 aromatic heterocycles. The van der Waals surface area contributed by atoms with Crippen LogP contribution in [0, 0.1) is 6.92 Å². The molecule has 0 saturated carbocycles. The highest BCUT2D eigenvalue weighted by molar-refractivity contribution is 6.04. The van der Waals surface area contributed by atoms with E-state index in [0.717, 1.165) is 29.2 Å². The molecular weight excluding hydrogens is 448 g/mol. The average Bonchev–Trinajstić information content (AvgIpc) is 2.88.